The predicted octanol–water partition coefficient (Wildman–Crippen LogP) is 2.07. The van der Waals surface area contributed by atoms with Crippen molar-refractivity contribution < 1.29 is 13.2 Å². The van der Waals surface area contributed by atoms with Gasteiger partial charge in [-0.3, -0.25) is 9.10 Å². The standard InChI is InChI=1S/C19H21N3O3S/c1-26(24,25)22(18-9-5-8-17(14-18)15-20)13-11-19(23)21-12-10-16-6-3-2-4-7-16/h2-9,14H,10-13H2,1H3,(H,21,23). The number of nitriles is 1. The number of anilines is 1. The second kappa shape index (κ2) is 9.02. The van der Waals surface area contributed by atoms with Gasteiger partial charge in [-0.15, -0.1) is 0 Å². The van der Waals surface area contributed by atoms with Crippen molar-refractivity contribution in [3.05, 3.63) is 65.7 Å². The van der Waals surface area contributed by atoms with Crippen LogP contribution in [0.1, 0.15) is 17.5 Å². The van der Waals surface area contributed by atoms with Crippen LogP contribution in [0, 0.1) is 11.3 Å². The number of hydrogen-bond acceptors (Lipinski definition) is 4. The Kier molecular flexibility index (Phi) is 6.75. The molecular formula is C19H21N3O3S. The van der Waals surface area contributed by atoms with Gasteiger partial charge >= 0.3 is 0 Å². The molecule has 0 aliphatic carbocycles. The summed E-state index contributed by atoms with van der Waals surface area (Å²) in [5.74, 6) is -0.217. The van der Waals surface area contributed by atoms with Gasteiger partial charge in [0.25, 0.3) is 0 Å². The number of nitrogens with zero attached hydrogens (tertiary/aromatic N) is 2. The molecule has 6 nitrogen and oxygen atoms in total. The van der Waals surface area contributed by atoms with E-state index in [9.17, 15) is 13.2 Å². The Bertz CT molecular complexity index is 890. The lowest BCUT2D eigenvalue weighted by molar-refractivity contribution is -0.120. The minimum atomic E-state index is -3.56. The van der Waals surface area contributed by atoms with E-state index in [0.717, 1.165) is 16.1 Å². The third-order valence-corrected chi connectivity index (χ3v) is 4.98. The van der Waals surface area contributed by atoms with Crippen LogP contribution >= 0.6 is 0 Å². The molecule has 1 N–H and O–H groups in total. The van der Waals surface area contributed by atoms with E-state index in [4.69, 9.17) is 5.26 Å². The topological polar surface area (TPSA) is 90.3 Å². The number of sulfonamides is 1. The third-order valence-electron chi connectivity index (χ3n) is 3.78. The van der Waals surface area contributed by atoms with Gasteiger partial charge in [0, 0.05) is 19.5 Å². The molecule has 0 aliphatic heterocycles. The molecule has 2 aromatic rings. The molecule has 0 aliphatic rings. The number of hydrogen-bond donors (Lipinski definition) is 1. The fraction of sp³-hybridized carbons (Fsp3) is 0.263. The van der Waals surface area contributed by atoms with Gasteiger partial charge in [0.2, 0.25) is 15.9 Å². The lowest BCUT2D eigenvalue weighted by atomic mass is 10.1. The fourth-order valence-electron chi connectivity index (χ4n) is 2.50. The maximum Gasteiger partial charge on any atom is 0.232 e. The Balaban J connectivity index is 1.92. The highest BCUT2D eigenvalue weighted by Crippen LogP contribution is 2.19. The molecule has 0 atom stereocenters. The summed E-state index contributed by atoms with van der Waals surface area (Å²) in [4.78, 5) is 12.0. The van der Waals surface area contributed by atoms with Gasteiger partial charge in [0.05, 0.1) is 23.6 Å². The van der Waals surface area contributed by atoms with Gasteiger partial charge in [-0.2, -0.15) is 5.26 Å². The second-order valence-electron chi connectivity index (χ2n) is 5.83. The van der Waals surface area contributed by atoms with E-state index in [1.54, 1.807) is 18.2 Å². The first-order valence-electron chi connectivity index (χ1n) is 8.18. The number of carbonyl (C=O) groups is 1. The zero-order chi connectivity index (χ0) is 19.0. The van der Waals surface area contributed by atoms with Crippen molar-refractivity contribution in [3.8, 4) is 6.07 Å². The normalized spacial score (nSPS) is 10.8. The van der Waals surface area contributed by atoms with Crippen molar-refractivity contribution in [2.75, 3.05) is 23.7 Å². The van der Waals surface area contributed by atoms with Gasteiger partial charge < -0.3 is 5.32 Å². The highest BCUT2D eigenvalue weighted by Gasteiger charge is 2.18. The molecule has 0 heterocycles. The summed E-state index contributed by atoms with van der Waals surface area (Å²) in [5.41, 5.74) is 1.87. The van der Waals surface area contributed by atoms with Gasteiger partial charge in [0.15, 0.2) is 0 Å². The van der Waals surface area contributed by atoms with E-state index in [2.05, 4.69) is 5.32 Å². The monoisotopic (exact) mass is 371 g/mol. The van der Waals surface area contributed by atoms with Crippen LogP contribution in [0.3, 0.4) is 0 Å². The summed E-state index contributed by atoms with van der Waals surface area (Å²) >= 11 is 0. The van der Waals surface area contributed by atoms with Crippen LogP contribution in [-0.2, 0) is 21.2 Å². The largest absolute Gasteiger partial charge is 0.356 e. The number of rotatable bonds is 8. The highest BCUT2D eigenvalue weighted by molar-refractivity contribution is 7.92. The van der Waals surface area contributed by atoms with Crippen molar-refractivity contribution in [2.45, 2.75) is 12.8 Å². The quantitative estimate of drug-likeness (QED) is 0.769. The molecule has 7 heteroatoms. The van der Waals surface area contributed by atoms with E-state index in [1.807, 2.05) is 36.4 Å². The molecule has 0 saturated heterocycles. The average molecular weight is 371 g/mol. The van der Waals surface area contributed by atoms with Crippen molar-refractivity contribution in [1.29, 1.82) is 5.26 Å². The second-order valence-corrected chi connectivity index (χ2v) is 7.74. The molecule has 136 valence electrons. The maximum atomic E-state index is 12.1. The van der Waals surface area contributed by atoms with Gasteiger partial charge in [-0.1, -0.05) is 36.4 Å². The zero-order valence-electron chi connectivity index (χ0n) is 14.6. The summed E-state index contributed by atoms with van der Waals surface area (Å²) in [6.45, 7) is 0.510. The number of benzene rings is 2. The number of nitrogens with one attached hydrogen (secondary N) is 1. The molecular weight excluding hydrogens is 350 g/mol. The van der Waals surface area contributed by atoms with Crippen molar-refractivity contribution in [3.63, 3.8) is 0 Å². The summed E-state index contributed by atoms with van der Waals surface area (Å²) in [5, 5.41) is 11.8. The van der Waals surface area contributed by atoms with Crippen LogP contribution in [0.2, 0.25) is 0 Å². The van der Waals surface area contributed by atoms with Crippen LogP contribution in [0.25, 0.3) is 0 Å². The summed E-state index contributed by atoms with van der Waals surface area (Å²) in [7, 11) is -3.56. The Labute approximate surface area is 154 Å². The number of amides is 1. The molecule has 0 spiro atoms. The molecule has 1 amide bonds. The minimum Gasteiger partial charge on any atom is -0.356 e. The summed E-state index contributed by atoms with van der Waals surface area (Å²) in [6.07, 6.45) is 1.84. The van der Waals surface area contributed by atoms with Crippen molar-refractivity contribution in [1.82, 2.24) is 5.32 Å². The van der Waals surface area contributed by atoms with E-state index < -0.39 is 10.0 Å². The molecule has 2 rings (SSSR count). The van der Waals surface area contributed by atoms with Crippen LogP contribution < -0.4 is 9.62 Å². The Morgan fingerprint density at radius 1 is 1.15 bits per heavy atom. The molecule has 0 radical (unpaired) electrons. The van der Waals surface area contributed by atoms with Crippen molar-refractivity contribution in [2.24, 2.45) is 0 Å². The number of carbonyl (C=O) groups excluding carboxylic acids is 1. The SMILES string of the molecule is CS(=O)(=O)N(CCC(=O)NCCc1ccccc1)c1cccc(C#N)c1. The lowest BCUT2D eigenvalue weighted by Gasteiger charge is -2.22. The van der Waals surface area contributed by atoms with Crippen molar-refractivity contribution >= 4 is 21.6 Å². The average Bonchev–Trinajstić information content (AvgIpc) is 2.62. The highest BCUT2D eigenvalue weighted by atomic mass is 32.2. The van der Waals surface area contributed by atoms with Crippen LogP contribution in [0.15, 0.2) is 54.6 Å². The van der Waals surface area contributed by atoms with Crippen LogP contribution in [-0.4, -0.2) is 33.7 Å². The van der Waals surface area contributed by atoms with Gasteiger partial charge in [-0.05, 0) is 30.2 Å². The Hall–Kier alpha value is -2.85. The first-order chi connectivity index (χ1) is 12.4. The maximum absolute atomic E-state index is 12.1. The molecule has 0 aromatic heterocycles. The Morgan fingerprint density at radius 3 is 2.54 bits per heavy atom. The Morgan fingerprint density at radius 2 is 1.88 bits per heavy atom. The van der Waals surface area contributed by atoms with E-state index in [0.29, 0.717) is 24.2 Å². The molecule has 0 bridgehead atoms. The third kappa shape index (κ3) is 5.90. The zero-order valence-corrected chi connectivity index (χ0v) is 15.4. The van der Waals surface area contributed by atoms with E-state index in [-0.39, 0.29) is 18.9 Å². The molecule has 26 heavy (non-hydrogen) atoms. The molecule has 0 fully saturated rings. The predicted molar refractivity (Wildman–Crippen MR) is 101 cm³/mol. The smallest absolute Gasteiger partial charge is 0.232 e. The lowest BCUT2D eigenvalue weighted by Crippen LogP contribution is -2.35. The summed E-state index contributed by atoms with van der Waals surface area (Å²) in [6, 6.07) is 18.1. The first-order valence-corrected chi connectivity index (χ1v) is 10.0. The fourth-order valence-corrected chi connectivity index (χ4v) is 3.42. The van der Waals surface area contributed by atoms with E-state index in [1.165, 1.54) is 6.07 Å². The summed E-state index contributed by atoms with van der Waals surface area (Å²) < 4.78 is 25.3. The minimum absolute atomic E-state index is 0.0187. The molecule has 0 saturated carbocycles. The van der Waals surface area contributed by atoms with Gasteiger partial charge in [-0.25, -0.2) is 8.42 Å². The van der Waals surface area contributed by atoms with Gasteiger partial charge in [0.1, 0.15) is 0 Å². The molecule has 2 aromatic carbocycles. The van der Waals surface area contributed by atoms with Crippen LogP contribution in [0.4, 0.5) is 5.69 Å². The van der Waals surface area contributed by atoms with Crippen LogP contribution in [0.5, 0.6) is 0 Å². The first kappa shape index (κ1) is 19.5. The van der Waals surface area contributed by atoms with E-state index >= 15 is 0 Å². The molecule has 0 unspecified atom stereocenters.